The normalized spacial score (nSPS) is 13.8. The number of halogens is 1. The van der Waals surface area contributed by atoms with Crippen molar-refractivity contribution in [1.82, 2.24) is 0 Å². The number of rotatable bonds is 0. The van der Waals surface area contributed by atoms with Crippen LogP contribution in [0.5, 0.6) is 0 Å². The van der Waals surface area contributed by atoms with Crippen molar-refractivity contribution in [1.29, 1.82) is 0 Å². The lowest BCUT2D eigenvalue weighted by Crippen LogP contribution is -2.02. The number of ketones is 1. The van der Waals surface area contributed by atoms with E-state index in [0.29, 0.717) is 11.4 Å². The van der Waals surface area contributed by atoms with Crippen LogP contribution in [0.2, 0.25) is 5.02 Å². The fraction of sp³-hybridized carbons (Fsp3) is 0.0714. The number of hydrogen-bond acceptors (Lipinski definition) is 2. The van der Waals surface area contributed by atoms with E-state index in [1.807, 2.05) is 42.5 Å². The SMILES string of the molecule is O=C1Cc2cc(Cl)ccc2Sc2ccccc21. The fourth-order valence-electron chi connectivity index (χ4n) is 1.96. The molecule has 0 saturated heterocycles. The van der Waals surface area contributed by atoms with Crippen LogP contribution in [0.3, 0.4) is 0 Å². The molecule has 0 aliphatic carbocycles. The van der Waals surface area contributed by atoms with Crippen LogP contribution >= 0.6 is 23.4 Å². The Balaban J connectivity index is 2.17. The molecule has 0 spiro atoms. The fourth-order valence-corrected chi connectivity index (χ4v) is 3.23. The molecule has 3 rings (SSSR count). The van der Waals surface area contributed by atoms with Gasteiger partial charge in [-0.25, -0.2) is 0 Å². The summed E-state index contributed by atoms with van der Waals surface area (Å²) < 4.78 is 0. The Morgan fingerprint density at radius 3 is 2.76 bits per heavy atom. The van der Waals surface area contributed by atoms with Crippen LogP contribution in [0.1, 0.15) is 15.9 Å². The van der Waals surface area contributed by atoms with Crippen molar-refractivity contribution in [3.05, 3.63) is 58.6 Å². The molecular formula is C14H9ClOS. The largest absolute Gasteiger partial charge is 0.294 e. The predicted molar refractivity (Wildman–Crippen MR) is 70.1 cm³/mol. The number of fused-ring (bicyclic) bond motifs is 2. The lowest BCUT2D eigenvalue weighted by molar-refractivity contribution is 0.0990. The second kappa shape index (κ2) is 4.21. The average Bonchev–Trinajstić information content (AvgIpc) is 2.46. The summed E-state index contributed by atoms with van der Waals surface area (Å²) >= 11 is 7.60. The number of carbonyl (C=O) groups excluding carboxylic acids is 1. The number of carbonyl (C=O) groups is 1. The Hall–Kier alpha value is -1.25. The van der Waals surface area contributed by atoms with Gasteiger partial charge in [0.15, 0.2) is 5.78 Å². The molecule has 0 unspecified atom stereocenters. The van der Waals surface area contributed by atoms with E-state index in [9.17, 15) is 4.79 Å². The van der Waals surface area contributed by atoms with Crippen molar-refractivity contribution < 1.29 is 4.79 Å². The van der Waals surface area contributed by atoms with E-state index in [2.05, 4.69) is 0 Å². The van der Waals surface area contributed by atoms with Crippen molar-refractivity contribution in [2.75, 3.05) is 0 Å². The minimum Gasteiger partial charge on any atom is -0.294 e. The molecule has 0 saturated carbocycles. The minimum atomic E-state index is 0.161. The Labute approximate surface area is 109 Å². The van der Waals surface area contributed by atoms with Crippen molar-refractivity contribution in [2.24, 2.45) is 0 Å². The molecule has 2 aromatic rings. The molecule has 1 nitrogen and oxygen atoms in total. The Morgan fingerprint density at radius 1 is 1.06 bits per heavy atom. The number of hydrogen-bond donors (Lipinski definition) is 0. The first-order chi connectivity index (χ1) is 8.24. The molecule has 1 heterocycles. The van der Waals surface area contributed by atoms with E-state index >= 15 is 0 Å². The third kappa shape index (κ3) is 1.99. The van der Waals surface area contributed by atoms with Crippen molar-refractivity contribution in [3.8, 4) is 0 Å². The zero-order valence-electron chi connectivity index (χ0n) is 8.94. The lowest BCUT2D eigenvalue weighted by Gasteiger charge is -2.04. The van der Waals surface area contributed by atoms with Crippen LogP contribution in [0.25, 0.3) is 0 Å². The molecule has 1 aliphatic rings. The summed E-state index contributed by atoms with van der Waals surface area (Å²) in [6.07, 6.45) is 0.430. The van der Waals surface area contributed by atoms with Crippen LogP contribution in [0.4, 0.5) is 0 Å². The first-order valence-electron chi connectivity index (χ1n) is 5.32. The van der Waals surface area contributed by atoms with Gasteiger partial charge >= 0.3 is 0 Å². The number of Topliss-reactive ketones (excluding diaryl/α,β-unsaturated/α-hetero) is 1. The monoisotopic (exact) mass is 260 g/mol. The maximum atomic E-state index is 12.1. The first kappa shape index (κ1) is 10.9. The minimum absolute atomic E-state index is 0.161. The lowest BCUT2D eigenvalue weighted by atomic mass is 10.0. The molecule has 3 heteroatoms. The average molecular weight is 261 g/mol. The smallest absolute Gasteiger partial charge is 0.168 e. The van der Waals surface area contributed by atoms with Gasteiger partial charge in [0.1, 0.15) is 0 Å². The standard InChI is InChI=1S/C14H9ClOS/c15-10-5-6-13-9(7-10)8-12(16)11-3-1-2-4-14(11)17-13/h1-7H,8H2. The first-order valence-corrected chi connectivity index (χ1v) is 6.52. The Morgan fingerprint density at radius 2 is 1.88 bits per heavy atom. The molecule has 0 atom stereocenters. The van der Waals surface area contributed by atoms with Gasteiger partial charge < -0.3 is 0 Å². The molecule has 1 aliphatic heterocycles. The summed E-state index contributed by atoms with van der Waals surface area (Å²) in [5.41, 5.74) is 1.83. The van der Waals surface area contributed by atoms with E-state index in [0.717, 1.165) is 20.9 Å². The highest BCUT2D eigenvalue weighted by atomic mass is 35.5. The van der Waals surface area contributed by atoms with E-state index in [-0.39, 0.29) is 5.78 Å². The van der Waals surface area contributed by atoms with Gasteiger partial charge in [-0.2, -0.15) is 0 Å². The Bertz CT molecular complexity index is 607. The molecule has 0 bridgehead atoms. The third-order valence-corrected chi connectivity index (χ3v) is 4.21. The Kier molecular flexibility index (Phi) is 2.69. The van der Waals surface area contributed by atoms with Crippen molar-refractivity contribution >= 4 is 29.1 Å². The molecule has 2 aromatic carbocycles. The van der Waals surface area contributed by atoms with E-state index in [1.165, 1.54) is 0 Å². The zero-order valence-corrected chi connectivity index (χ0v) is 10.5. The summed E-state index contributed by atoms with van der Waals surface area (Å²) in [6, 6.07) is 13.5. The van der Waals surface area contributed by atoms with Gasteiger partial charge in [0.05, 0.1) is 0 Å². The van der Waals surface area contributed by atoms with Crippen LogP contribution < -0.4 is 0 Å². The topological polar surface area (TPSA) is 17.1 Å². The third-order valence-electron chi connectivity index (χ3n) is 2.78. The summed E-state index contributed by atoms with van der Waals surface area (Å²) in [4.78, 5) is 14.3. The van der Waals surface area contributed by atoms with Gasteiger partial charge in [-0.3, -0.25) is 4.79 Å². The predicted octanol–water partition coefficient (Wildman–Crippen LogP) is 4.23. The van der Waals surface area contributed by atoms with Gasteiger partial charge in [0.2, 0.25) is 0 Å². The second-order valence-electron chi connectivity index (χ2n) is 3.95. The van der Waals surface area contributed by atoms with Crippen LogP contribution in [0.15, 0.2) is 52.3 Å². The maximum absolute atomic E-state index is 12.1. The van der Waals surface area contributed by atoms with E-state index < -0.39 is 0 Å². The molecule has 0 amide bonds. The summed E-state index contributed by atoms with van der Waals surface area (Å²) in [5.74, 6) is 0.161. The molecule has 0 N–H and O–H groups in total. The highest BCUT2D eigenvalue weighted by Crippen LogP contribution is 2.37. The van der Waals surface area contributed by atoms with Crippen molar-refractivity contribution in [2.45, 2.75) is 16.2 Å². The molecule has 0 aromatic heterocycles. The van der Waals surface area contributed by atoms with Crippen LogP contribution in [-0.4, -0.2) is 5.78 Å². The van der Waals surface area contributed by atoms with Crippen molar-refractivity contribution in [3.63, 3.8) is 0 Å². The van der Waals surface area contributed by atoms with E-state index in [4.69, 9.17) is 11.6 Å². The quantitative estimate of drug-likeness (QED) is 0.705. The van der Waals surface area contributed by atoms with Gasteiger partial charge in [0, 0.05) is 26.8 Å². The maximum Gasteiger partial charge on any atom is 0.168 e. The number of benzene rings is 2. The zero-order chi connectivity index (χ0) is 11.8. The molecule has 84 valence electrons. The highest BCUT2D eigenvalue weighted by molar-refractivity contribution is 7.99. The van der Waals surface area contributed by atoms with Gasteiger partial charge in [-0.15, -0.1) is 0 Å². The molecule has 0 radical (unpaired) electrons. The molecule has 0 fully saturated rings. The summed E-state index contributed by atoms with van der Waals surface area (Å²) in [5, 5.41) is 0.683. The van der Waals surface area contributed by atoms with Gasteiger partial charge in [0.25, 0.3) is 0 Å². The van der Waals surface area contributed by atoms with Gasteiger partial charge in [-0.1, -0.05) is 41.6 Å². The molecular weight excluding hydrogens is 252 g/mol. The van der Waals surface area contributed by atoms with Crippen LogP contribution in [-0.2, 0) is 6.42 Å². The summed E-state index contributed by atoms with van der Waals surface area (Å²) in [7, 11) is 0. The van der Waals surface area contributed by atoms with Crippen LogP contribution in [0, 0.1) is 0 Å². The van der Waals surface area contributed by atoms with Gasteiger partial charge in [-0.05, 0) is 29.8 Å². The van der Waals surface area contributed by atoms with E-state index in [1.54, 1.807) is 11.8 Å². The molecule has 17 heavy (non-hydrogen) atoms. The highest BCUT2D eigenvalue weighted by Gasteiger charge is 2.19. The summed E-state index contributed by atoms with van der Waals surface area (Å²) in [6.45, 7) is 0. The second-order valence-corrected chi connectivity index (χ2v) is 5.47.